The second-order valence-electron chi connectivity index (χ2n) is 6.38. The lowest BCUT2D eigenvalue weighted by Gasteiger charge is -2.31. The number of hydrazine groups is 1. The number of hydrogen-bond donors (Lipinski definition) is 2. The van der Waals surface area contributed by atoms with E-state index in [0.717, 1.165) is 0 Å². The first-order valence-corrected chi connectivity index (χ1v) is 9.57. The molecule has 2 N–H and O–H groups in total. The lowest BCUT2D eigenvalue weighted by Crippen LogP contribution is -2.48. The van der Waals surface area contributed by atoms with E-state index in [2.05, 4.69) is 10.9 Å². The number of likely N-dealkylation sites (tertiary alicyclic amines) is 1. The molecule has 0 aliphatic carbocycles. The summed E-state index contributed by atoms with van der Waals surface area (Å²) in [6, 6.07) is 9.25. The first-order valence-electron chi connectivity index (χ1n) is 8.69. The zero-order valence-electron chi connectivity index (χ0n) is 14.6. The van der Waals surface area contributed by atoms with Crippen LogP contribution in [0.1, 0.15) is 28.1 Å². The zero-order chi connectivity index (χ0) is 19.2. The number of carbonyl (C=O) groups excluding carboxylic acids is 3. The Morgan fingerprint density at radius 3 is 2.41 bits per heavy atom. The van der Waals surface area contributed by atoms with Gasteiger partial charge in [0.05, 0.1) is 11.3 Å². The average molecular weight is 389 g/mol. The fraction of sp³-hybridized carbons (Fsp3) is 0.316. The quantitative estimate of drug-likeness (QED) is 0.787. The number of halogens is 1. The highest BCUT2D eigenvalue weighted by Gasteiger charge is 2.28. The van der Waals surface area contributed by atoms with Crippen LogP contribution in [0.5, 0.6) is 0 Å². The predicted octanol–water partition coefficient (Wildman–Crippen LogP) is 2.13. The minimum Gasteiger partial charge on any atom is -0.338 e. The Kier molecular flexibility index (Phi) is 6.18. The molecular formula is C19H20FN3O3S. The van der Waals surface area contributed by atoms with Crippen LogP contribution >= 0.6 is 11.3 Å². The maximum absolute atomic E-state index is 12.9. The van der Waals surface area contributed by atoms with Gasteiger partial charge in [-0.05, 0) is 42.0 Å². The van der Waals surface area contributed by atoms with Crippen LogP contribution in [0.15, 0.2) is 41.8 Å². The van der Waals surface area contributed by atoms with Crippen molar-refractivity contribution in [1.29, 1.82) is 0 Å². The van der Waals surface area contributed by atoms with E-state index >= 15 is 0 Å². The van der Waals surface area contributed by atoms with E-state index in [4.69, 9.17) is 0 Å². The largest absolute Gasteiger partial charge is 0.338 e. The van der Waals surface area contributed by atoms with Crippen LogP contribution in [0.4, 0.5) is 4.39 Å². The molecule has 3 rings (SSSR count). The van der Waals surface area contributed by atoms with Crippen LogP contribution in [-0.2, 0) is 16.0 Å². The highest BCUT2D eigenvalue weighted by atomic mass is 32.1. The number of amides is 3. The SMILES string of the molecule is O=C(Cc1ccc(F)cc1)NNC(=O)C1CCN(C(=O)c2cccs2)CC1. The number of nitrogens with zero attached hydrogens (tertiary/aromatic N) is 1. The number of carbonyl (C=O) groups is 3. The summed E-state index contributed by atoms with van der Waals surface area (Å²) in [7, 11) is 0. The molecular weight excluding hydrogens is 369 g/mol. The summed E-state index contributed by atoms with van der Waals surface area (Å²) < 4.78 is 12.9. The maximum atomic E-state index is 12.9. The Hall–Kier alpha value is -2.74. The molecule has 2 aromatic rings. The van der Waals surface area contributed by atoms with Crippen molar-refractivity contribution in [3.63, 3.8) is 0 Å². The smallest absolute Gasteiger partial charge is 0.263 e. The van der Waals surface area contributed by atoms with Crippen LogP contribution < -0.4 is 10.9 Å². The average Bonchev–Trinajstić information content (AvgIpc) is 3.22. The maximum Gasteiger partial charge on any atom is 0.263 e. The molecule has 8 heteroatoms. The van der Waals surface area contributed by atoms with Crippen molar-refractivity contribution < 1.29 is 18.8 Å². The molecule has 1 aliphatic rings. The van der Waals surface area contributed by atoms with Crippen molar-refractivity contribution in [2.24, 2.45) is 5.92 Å². The van der Waals surface area contributed by atoms with Crippen molar-refractivity contribution in [1.82, 2.24) is 15.8 Å². The van der Waals surface area contributed by atoms with Gasteiger partial charge in [-0.15, -0.1) is 11.3 Å². The minimum atomic E-state index is -0.375. The highest BCUT2D eigenvalue weighted by Crippen LogP contribution is 2.20. The van der Waals surface area contributed by atoms with Gasteiger partial charge in [0, 0.05) is 19.0 Å². The van der Waals surface area contributed by atoms with E-state index in [1.807, 2.05) is 11.4 Å². The lowest BCUT2D eigenvalue weighted by molar-refractivity contribution is -0.131. The Labute approximate surface area is 160 Å². The molecule has 142 valence electrons. The number of rotatable bonds is 4. The summed E-state index contributed by atoms with van der Waals surface area (Å²) in [4.78, 5) is 38.9. The molecule has 1 fully saturated rings. The molecule has 1 aromatic carbocycles. The van der Waals surface area contributed by atoms with Gasteiger partial charge < -0.3 is 4.90 Å². The van der Waals surface area contributed by atoms with Gasteiger partial charge in [0.15, 0.2) is 0 Å². The fourth-order valence-electron chi connectivity index (χ4n) is 2.97. The van der Waals surface area contributed by atoms with Gasteiger partial charge in [0.2, 0.25) is 11.8 Å². The first-order chi connectivity index (χ1) is 13.0. The number of nitrogens with one attached hydrogen (secondary N) is 2. The summed E-state index contributed by atoms with van der Waals surface area (Å²) in [6.07, 6.45) is 1.15. The minimum absolute atomic E-state index is 0.00328. The molecule has 2 heterocycles. The van der Waals surface area contributed by atoms with Crippen LogP contribution in [0, 0.1) is 11.7 Å². The van der Waals surface area contributed by atoms with Crippen LogP contribution in [0.3, 0.4) is 0 Å². The first kappa shape index (κ1) is 19.0. The monoisotopic (exact) mass is 389 g/mol. The predicted molar refractivity (Wildman–Crippen MR) is 99.3 cm³/mol. The van der Waals surface area contributed by atoms with Crippen molar-refractivity contribution in [3.05, 3.63) is 58.0 Å². The molecule has 1 saturated heterocycles. The standard InChI is InChI=1S/C19H20FN3O3S/c20-15-5-3-13(4-6-15)12-17(24)21-22-18(25)14-7-9-23(10-8-14)19(26)16-2-1-11-27-16/h1-6,11,14H,7-10,12H2,(H,21,24)(H,22,25). The van der Waals surface area contributed by atoms with Crippen LogP contribution in [0.25, 0.3) is 0 Å². The van der Waals surface area contributed by atoms with E-state index < -0.39 is 0 Å². The molecule has 27 heavy (non-hydrogen) atoms. The van der Waals surface area contributed by atoms with Gasteiger partial charge in [-0.2, -0.15) is 0 Å². The second kappa shape index (κ2) is 8.77. The summed E-state index contributed by atoms with van der Waals surface area (Å²) in [6.45, 7) is 1.02. The number of benzene rings is 1. The van der Waals surface area contributed by atoms with Crippen molar-refractivity contribution in [2.75, 3.05) is 13.1 Å². The molecule has 0 bridgehead atoms. The summed E-state index contributed by atoms with van der Waals surface area (Å²) in [5.74, 6) is -1.25. The molecule has 0 spiro atoms. The van der Waals surface area contributed by atoms with Gasteiger partial charge in [-0.3, -0.25) is 25.2 Å². The van der Waals surface area contributed by atoms with Gasteiger partial charge in [0.25, 0.3) is 5.91 Å². The van der Waals surface area contributed by atoms with Crippen LogP contribution in [-0.4, -0.2) is 35.7 Å². The third-order valence-electron chi connectivity index (χ3n) is 4.49. The van der Waals surface area contributed by atoms with E-state index in [1.54, 1.807) is 11.0 Å². The summed E-state index contributed by atoms with van der Waals surface area (Å²) >= 11 is 1.41. The van der Waals surface area contributed by atoms with Crippen LogP contribution in [0.2, 0.25) is 0 Å². The number of thiophene rings is 1. The second-order valence-corrected chi connectivity index (χ2v) is 7.33. The van der Waals surface area contributed by atoms with Crippen molar-refractivity contribution in [2.45, 2.75) is 19.3 Å². The molecule has 0 atom stereocenters. The molecule has 0 unspecified atom stereocenters. The Morgan fingerprint density at radius 2 is 1.78 bits per heavy atom. The van der Waals surface area contributed by atoms with Gasteiger partial charge >= 0.3 is 0 Å². The molecule has 3 amide bonds. The Balaban J connectivity index is 1.41. The molecule has 1 aromatic heterocycles. The van der Waals surface area contributed by atoms with E-state index in [0.29, 0.717) is 36.4 Å². The molecule has 0 radical (unpaired) electrons. The lowest BCUT2D eigenvalue weighted by atomic mass is 9.96. The number of hydrogen-bond acceptors (Lipinski definition) is 4. The topological polar surface area (TPSA) is 78.5 Å². The third kappa shape index (κ3) is 5.13. The van der Waals surface area contributed by atoms with Gasteiger partial charge in [-0.1, -0.05) is 18.2 Å². The van der Waals surface area contributed by atoms with E-state index in [-0.39, 0.29) is 35.9 Å². The van der Waals surface area contributed by atoms with Crippen molar-refractivity contribution in [3.8, 4) is 0 Å². The van der Waals surface area contributed by atoms with Crippen molar-refractivity contribution >= 4 is 29.1 Å². The van der Waals surface area contributed by atoms with E-state index in [9.17, 15) is 18.8 Å². The highest BCUT2D eigenvalue weighted by molar-refractivity contribution is 7.12. The molecule has 6 nitrogen and oxygen atoms in total. The molecule has 0 saturated carbocycles. The van der Waals surface area contributed by atoms with Gasteiger partial charge in [0.1, 0.15) is 5.82 Å². The normalized spacial score (nSPS) is 14.6. The Morgan fingerprint density at radius 1 is 1.07 bits per heavy atom. The van der Waals surface area contributed by atoms with E-state index in [1.165, 1.54) is 35.6 Å². The third-order valence-corrected chi connectivity index (χ3v) is 5.35. The zero-order valence-corrected chi connectivity index (χ0v) is 15.4. The Bertz CT molecular complexity index is 800. The summed E-state index contributed by atoms with van der Waals surface area (Å²) in [5.41, 5.74) is 5.49. The molecule has 1 aliphatic heterocycles. The number of piperidine rings is 1. The summed E-state index contributed by atoms with van der Waals surface area (Å²) in [5, 5.41) is 1.86. The fourth-order valence-corrected chi connectivity index (χ4v) is 3.66. The van der Waals surface area contributed by atoms with Gasteiger partial charge in [-0.25, -0.2) is 4.39 Å².